The zero-order valence-corrected chi connectivity index (χ0v) is 6.22. The Morgan fingerprint density at radius 1 is 1.56 bits per heavy atom. The van der Waals surface area contributed by atoms with Crippen molar-refractivity contribution in [1.29, 1.82) is 0 Å². The molecule has 0 aromatic heterocycles. The van der Waals surface area contributed by atoms with Gasteiger partial charge in [0.15, 0.2) is 0 Å². The quantitative estimate of drug-likeness (QED) is 0.398. The molecule has 0 aliphatic heterocycles. The predicted octanol–water partition coefficient (Wildman–Crippen LogP) is 3.08. The molecule has 0 spiro atoms. The third kappa shape index (κ3) is 5.09. The highest BCUT2D eigenvalue weighted by Gasteiger charge is 1.75. The first-order valence-electron chi connectivity index (χ1n) is 3.21. The van der Waals surface area contributed by atoms with E-state index in [1.165, 1.54) is 5.57 Å². The minimum atomic E-state index is 0.968. The largest absolute Gasteiger partial charge is 0.103 e. The number of hydrogen-bond acceptors (Lipinski definition) is 0. The minimum Gasteiger partial charge on any atom is -0.103 e. The molecule has 0 unspecified atom stereocenters. The molecule has 0 saturated carbocycles. The van der Waals surface area contributed by atoms with Crippen molar-refractivity contribution in [3.05, 3.63) is 36.5 Å². The van der Waals surface area contributed by atoms with Crippen molar-refractivity contribution >= 4 is 0 Å². The maximum absolute atomic E-state index is 3.62. The summed E-state index contributed by atoms with van der Waals surface area (Å²) in [4.78, 5) is 0. The van der Waals surface area contributed by atoms with Crippen LogP contribution in [0.3, 0.4) is 0 Å². The Balaban J connectivity index is 3.68. The van der Waals surface area contributed by atoms with Crippen LogP contribution in [0.25, 0.3) is 0 Å². The van der Waals surface area contributed by atoms with Gasteiger partial charge in [-0.2, -0.15) is 0 Å². The van der Waals surface area contributed by atoms with Crippen molar-refractivity contribution in [3.8, 4) is 0 Å². The van der Waals surface area contributed by atoms with Crippen molar-refractivity contribution < 1.29 is 0 Å². The normalized spacial score (nSPS) is 12.4. The molecule has 9 heavy (non-hydrogen) atoms. The topological polar surface area (TPSA) is 0 Å². The maximum Gasteiger partial charge on any atom is -0.0166 e. The fraction of sp³-hybridized carbons (Fsp3) is 0.333. The Morgan fingerprint density at radius 3 is 2.67 bits per heavy atom. The fourth-order valence-electron chi connectivity index (χ4n) is 0.600. The summed E-state index contributed by atoms with van der Waals surface area (Å²) in [5.41, 5.74) is 1.30. The summed E-state index contributed by atoms with van der Waals surface area (Å²) in [6, 6.07) is 0. The van der Waals surface area contributed by atoms with E-state index in [2.05, 4.69) is 25.7 Å². The van der Waals surface area contributed by atoms with Crippen molar-refractivity contribution in [2.45, 2.75) is 20.3 Å². The smallest absolute Gasteiger partial charge is 0.0166 e. The van der Waals surface area contributed by atoms with Gasteiger partial charge in [-0.1, -0.05) is 29.9 Å². The van der Waals surface area contributed by atoms with E-state index in [0.29, 0.717) is 0 Å². The highest BCUT2D eigenvalue weighted by atomic mass is 13.8. The molecule has 0 aromatic carbocycles. The SMILES string of the molecule is C=CC/C=C(C)\C=C/C. The first-order valence-corrected chi connectivity index (χ1v) is 3.21. The molecule has 0 heterocycles. The van der Waals surface area contributed by atoms with E-state index >= 15 is 0 Å². The summed E-state index contributed by atoms with van der Waals surface area (Å²) >= 11 is 0. The van der Waals surface area contributed by atoms with E-state index in [1.54, 1.807) is 0 Å². The van der Waals surface area contributed by atoms with Gasteiger partial charge in [-0.15, -0.1) is 6.58 Å². The predicted molar refractivity (Wildman–Crippen MR) is 43.4 cm³/mol. The second-order valence-electron chi connectivity index (χ2n) is 1.97. The Bertz CT molecular complexity index is 127. The molecule has 0 radical (unpaired) electrons. The van der Waals surface area contributed by atoms with Crippen LogP contribution >= 0.6 is 0 Å². The highest BCUT2D eigenvalue weighted by Crippen LogP contribution is 1.96. The second-order valence-corrected chi connectivity index (χ2v) is 1.97. The lowest BCUT2D eigenvalue weighted by atomic mass is 10.2. The van der Waals surface area contributed by atoms with Gasteiger partial charge >= 0.3 is 0 Å². The van der Waals surface area contributed by atoms with Crippen LogP contribution in [-0.2, 0) is 0 Å². The van der Waals surface area contributed by atoms with Crippen LogP contribution < -0.4 is 0 Å². The first-order chi connectivity index (χ1) is 4.31. The summed E-state index contributed by atoms with van der Waals surface area (Å²) in [5.74, 6) is 0. The van der Waals surface area contributed by atoms with Crippen molar-refractivity contribution in [2.24, 2.45) is 0 Å². The maximum atomic E-state index is 3.62. The van der Waals surface area contributed by atoms with Crippen molar-refractivity contribution in [3.63, 3.8) is 0 Å². The van der Waals surface area contributed by atoms with Crippen LogP contribution in [0.4, 0.5) is 0 Å². The Hall–Kier alpha value is -0.780. The van der Waals surface area contributed by atoms with Gasteiger partial charge in [0.25, 0.3) is 0 Å². The lowest BCUT2D eigenvalue weighted by molar-refractivity contribution is 1.34. The summed E-state index contributed by atoms with van der Waals surface area (Å²) in [7, 11) is 0. The molecule has 0 bridgehead atoms. The number of allylic oxidation sites excluding steroid dienone is 5. The zero-order chi connectivity index (χ0) is 7.11. The number of rotatable bonds is 3. The van der Waals surface area contributed by atoms with Crippen LogP contribution in [0.2, 0.25) is 0 Å². The lowest BCUT2D eigenvalue weighted by Gasteiger charge is -1.86. The van der Waals surface area contributed by atoms with E-state index in [0.717, 1.165) is 6.42 Å². The Labute approximate surface area is 57.6 Å². The molecule has 50 valence electrons. The standard InChI is InChI=1S/C9H14/c1-4-6-8-9(3)7-5-2/h4-5,7-8H,1,6H2,2-3H3/b7-5-,9-8-. The third-order valence-electron chi connectivity index (χ3n) is 1.04. The first kappa shape index (κ1) is 8.22. The molecule has 0 N–H and O–H groups in total. The number of hydrogen-bond donors (Lipinski definition) is 0. The van der Waals surface area contributed by atoms with Gasteiger partial charge in [0.1, 0.15) is 0 Å². The van der Waals surface area contributed by atoms with Gasteiger partial charge in [0.2, 0.25) is 0 Å². The Morgan fingerprint density at radius 2 is 2.22 bits per heavy atom. The van der Waals surface area contributed by atoms with Crippen LogP contribution in [0.1, 0.15) is 20.3 Å². The monoisotopic (exact) mass is 122 g/mol. The van der Waals surface area contributed by atoms with Crippen molar-refractivity contribution in [1.82, 2.24) is 0 Å². The summed E-state index contributed by atoms with van der Waals surface area (Å²) in [6.45, 7) is 7.73. The van der Waals surface area contributed by atoms with E-state index < -0.39 is 0 Å². The fourth-order valence-corrected chi connectivity index (χ4v) is 0.600. The van der Waals surface area contributed by atoms with E-state index in [4.69, 9.17) is 0 Å². The van der Waals surface area contributed by atoms with Crippen LogP contribution in [0, 0.1) is 0 Å². The molecule has 0 aromatic rings. The summed E-state index contributed by atoms with van der Waals surface area (Å²) in [6.07, 6.45) is 9.13. The van der Waals surface area contributed by atoms with Gasteiger partial charge < -0.3 is 0 Å². The molecule has 0 atom stereocenters. The van der Waals surface area contributed by atoms with Gasteiger partial charge in [-0.05, 0) is 20.3 Å². The van der Waals surface area contributed by atoms with Gasteiger partial charge in [-0.3, -0.25) is 0 Å². The third-order valence-corrected chi connectivity index (χ3v) is 1.04. The molecule has 0 amide bonds. The van der Waals surface area contributed by atoms with E-state index in [9.17, 15) is 0 Å². The summed E-state index contributed by atoms with van der Waals surface area (Å²) < 4.78 is 0. The van der Waals surface area contributed by atoms with Crippen LogP contribution in [-0.4, -0.2) is 0 Å². The summed E-state index contributed by atoms with van der Waals surface area (Å²) in [5, 5.41) is 0. The average Bonchev–Trinajstić information content (AvgIpc) is 1.85. The van der Waals surface area contributed by atoms with E-state index in [1.807, 2.05) is 19.1 Å². The lowest BCUT2D eigenvalue weighted by Crippen LogP contribution is -1.65. The van der Waals surface area contributed by atoms with Crippen molar-refractivity contribution in [2.75, 3.05) is 0 Å². The molecule has 0 nitrogen and oxygen atoms in total. The average molecular weight is 122 g/mol. The van der Waals surface area contributed by atoms with E-state index in [-0.39, 0.29) is 0 Å². The zero-order valence-electron chi connectivity index (χ0n) is 6.22. The molecular formula is C9H14. The molecular weight excluding hydrogens is 108 g/mol. The Kier molecular flexibility index (Phi) is 4.89. The molecule has 0 rings (SSSR count). The van der Waals surface area contributed by atoms with Crippen LogP contribution in [0.5, 0.6) is 0 Å². The molecule has 0 aliphatic carbocycles. The highest BCUT2D eigenvalue weighted by molar-refractivity contribution is 5.15. The molecule has 0 aliphatic rings. The van der Waals surface area contributed by atoms with Gasteiger partial charge in [0, 0.05) is 0 Å². The van der Waals surface area contributed by atoms with Crippen LogP contribution in [0.15, 0.2) is 36.5 Å². The van der Waals surface area contributed by atoms with Gasteiger partial charge in [-0.25, -0.2) is 0 Å². The molecule has 0 saturated heterocycles. The minimum absolute atomic E-state index is 0.968. The molecule has 0 heteroatoms. The second kappa shape index (κ2) is 5.36. The molecule has 0 fully saturated rings. The van der Waals surface area contributed by atoms with Gasteiger partial charge in [0.05, 0.1) is 0 Å².